The van der Waals surface area contributed by atoms with Gasteiger partial charge in [0.05, 0.1) is 11.9 Å². The van der Waals surface area contributed by atoms with Crippen molar-refractivity contribution < 1.29 is 8.78 Å². The minimum atomic E-state index is -0.336. The molecular formula is C29H19F2N3. The highest BCUT2D eigenvalue weighted by Gasteiger charge is 2.14. The Morgan fingerprint density at radius 3 is 1.71 bits per heavy atom. The van der Waals surface area contributed by atoms with Crippen LogP contribution in [0.15, 0.2) is 121 Å². The summed E-state index contributed by atoms with van der Waals surface area (Å²) in [5.41, 5.74) is 8.92. The van der Waals surface area contributed by atoms with Gasteiger partial charge in [0.15, 0.2) is 0 Å². The largest absolute Gasteiger partial charge is 0.207 e. The van der Waals surface area contributed by atoms with Crippen LogP contribution in [0.1, 0.15) is 16.7 Å². The highest BCUT2D eigenvalue weighted by atomic mass is 19.1. The molecule has 0 unspecified atom stereocenters. The Bertz CT molecular complexity index is 1420. The molecule has 0 atom stereocenters. The van der Waals surface area contributed by atoms with Crippen molar-refractivity contribution >= 4 is 11.3 Å². The second-order valence-corrected chi connectivity index (χ2v) is 7.63. The van der Waals surface area contributed by atoms with E-state index in [0.29, 0.717) is 11.3 Å². The number of nitrogens with zero attached hydrogens (tertiary/aromatic N) is 3. The monoisotopic (exact) mass is 447 g/mol. The highest BCUT2D eigenvalue weighted by molar-refractivity contribution is 5.84. The second-order valence-electron chi connectivity index (χ2n) is 7.63. The molecule has 0 saturated carbocycles. The molecule has 0 amide bonds. The first-order chi connectivity index (χ1) is 16.7. The highest BCUT2D eigenvalue weighted by Crippen LogP contribution is 2.28. The summed E-state index contributed by atoms with van der Waals surface area (Å²) in [6, 6.07) is 31.9. The molecule has 164 valence electrons. The van der Waals surface area contributed by atoms with E-state index < -0.39 is 0 Å². The molecule has 0 saturated heterocycles. The number of hydrogen-bond acceptors (Lipinski definition) is 2. The van der Waals surface area contributed by atoms with Crippen molar-refractivity contribution in [2.24, 2.45) is 0 Å². The Labute approximate surface area is 196 Å². The van der Waals surface area contributed by atoms with E-state index in [9.17, 15) is 8.78 Å². The summed E-state index contributed by atoms with van der Waals surface area (Å²) in [7, 11) is 0. The summed E-state index contributed by atoms with van der Waals surface area (Å²) >= 11 is 0. The molecule has 0 N–H and O–H groups in total. The van der Waals surface area contributed by atoms with Gasteiger partial charge in [-0.3, -0.25) is 0 Å². The van der Waals surface area contributed by atoms with Crippen LogP contribution in [-0.4, -0.2) is 15.0 Å². The zero-order valence-electron chi connectivity index (χ0n) is 18.1. The van der Waals surface area contributed by atoms with Crippen LogP contribution in [-0.2, 0) is 0 Å². The predicted octanol–water partition coefficient (Wildman–Crippen LogP) is 6.84. The number of halogens is 2. The molecular weight excluding hydrogens is 428 g/mol. The van der Waals surface area contributed by atoms with Gasteiger partial charge in [0.25, 0.3) is 0 Å². The van der Waals surface area contributed by atoms with Crippen LogP contribution in [0.25, 0.3) is 22.5 Å². The van der Waals surface area contributed by atoms with Crippen LogP contribution in [0, 0.1) is 11.6 Å². The van der Waals surface area contributed by atoms with E-state index in [0.717, 1.165) is 27.9 Å². The van der Waals surface area contributed by atoms with Gasteiger partial charge in [-0.2, -0.15) is 0 Å². The van der Waals surface area contributed by atoms with Gasteiger partial charge in [0.1, 0.15) is 17.3 Å². The fourth-order valence-electron chi connectivity index (χ4n) is 3.71. The third-order valence-corrected chi connectivity index (χ3v) is 5.39. The minimum absolute atomic E-state index is 0.336. The van der Waals surface area contributed by atoms with Crippen LogP contribution in [0.5, 0.6) is 0 Å². The standard InChI is InChI=1S/C29H19F2N3/c30-25-15-11-21(12-16-25)27(22-13-17-26(31)18-14-22)19-28(23-7-3-1-4-8-23)34-29(20-32-33-34)24-9-5-2-6-10-24/h1-18,20H. The van der Waals surface area contributed by atoms with Crippen molar-refractivity contribution in [3.63, 3.8) is 0 Å². The van der Waals surface area contributed by atoms with E-state index in [-0.39, 0.29) is 11.6 Å². The Morgan fingerprint density at radius 2 is 1.15 bits per heavy atom. The Hall–Kier alpha value is -4.60. The topological polar surface area (TPSA) is 30.7 Å². The van der Waals surface area contributed by atoms with Gasteiger partial charge < -0.3 is 0 Å². The van der Waals surface area contributed by atoms with E-state index in [1.807, 2.05) is 60.7 Å². The molecule has 1 heterocycles. The number of rotatable bonds is 5. The van der Waals surface area contributed by atoms with Gasteiger partial charge in [0, 0.05) is 16.7 Å². The van der Waals surface area contributed by atoms with Gasteiger partial charge in [-0.05, 0) is 35.4 Å². The smallest absolute Gasteiger partial charge is 0.123 e. The van der Waals surface area contributed by atoms with Crippen LogP contribution in [0.4, 0.5) is 8.78 Å². The predicted molar refractivity (Wildman–Crippen MR) is 130 cm³/mol. The zero-order chi connectivity index (χ0) is 23.3. The molecule has 5 rings (SSSR count). The lowest BCUT2D eigenvalue weighted by atomic mass is 9.97. The first-order valence-corrected chi connectivity index (χ1v) is 10.7. The lowest BCUT2D eigenvalue weighted by molar-refractivity contribution is 0.627. The molecule has 0 radical (unpaired) electrons. The molecule has 0 aliphatic rings. The normalized spacial score (nSPS) is 10.5. The average Bonchev–Trinajstić information content (AvgIpc) is 3.37. The van der Waals surface area contributed by atoms with Crippen molar-refractivity contribution in [2.45, 2.75) is 0 Å². The molecule has 5 aromatic rings. The summed E-state index contributed by atoms with van der Waals surface area (Å²) in [6.07, 6.45) is 1.70. The third kappa shape index (κ3) is 4.46. The molecule has 3 nitrogen and oxygen atoms in total. The summed E-state index contributed by atoms with van der Waals surface area (Å²) in [6.45, 7) is 0. The number of benzene rings is 4. The van der Waals surface area contributed by atoms with Crippen molar-refractivity contribution in [1.82, 2.24) is 15.0 Å². The minimum Gasteiger partial charge on any atom is -0.207 e. The first kappa shape index (κ1) is 21.3. The Balaban J connectivity index is 1.83. The molecule has 0 bridgehead atoms. The Kier molecular flexibility index (Phi) is 5.93. The van der Waals surface area contributed by atoms with Gasteiger partial charge in [0.2, 0.25) is 0 Å². The molecule has 0 aliphatic heterocycles. The fourth-order valence-corrected chi connectivity index (χ4v) is 3.71. The Morgan fingerprint density at radius 1 is 0.618 bits per heavy atom. The van der Waals surface area contributed by atoms with Crippen LogP contribution in [0.2, 0.25) is 0 Å². The van der Waals surface area contributed by atoms with Gasteiger partial charge in [-0.25, -0.2) is 13.5 Å². The third-order valence-electron chi connectivity index (χ3n) is 5.39. The average molecular weight is 447 g/mol. The fraction of sp³-hybridized carbons (Fsp3) is 0. The van der Waals surface area contributed by atoms with Crippen molar-refractivity contribution in [3.8, 4) is 11.3 Å². The molecule has 0 aliphatic carbocycles. The molecule has 0 spiro atoms. The lowest BCUT2D eigenvalue weighted by Gasteiger charge is -2.12. The lowest BCUT2D eigenvalue weighted by Crippen LogP contribution is -2.03. The molecule has 1 aromatic heterocycles. The maximum Gasteiger partial charge on any atom is 0.123 e. The first-order valence-electron chi connectivity index (χ1n) is 10.7. The maximum absolute atomic E-state index is 13.7. The zero-order valence-corrected chi connectivity index (χ0v) is 18.1. The molecule has 4 aromatic carbocycles. The van der Waals surface area contributed by atoms with Crippen LogP contribution < -0.4 is 0 Å². The van der Waals surface area contributed by atoms with Crippen LogP contribution >= 0.6 is 0 Å². The van der Waals surface area contributed by atoms with Gasteiger partial charge in [-0.15, -0.1) is 5.10 Å². The van der Waals surface area contributed by atoms with Crippen molar-refractivity contribution in [1.29, 1.82) is 0 Å². The molecule has 5 heteroatoms. The van der Waals surface area contributed by atoms with Crippen LogP contribution in [0.3, 0.4) is 0 Å². The number of hydrogen-bond donors (Lipinski definition) is 0. The summed E-state index contributed by atoms with van der Waals surface area (Å²) in [5, 5.41) is 8.54. The number of aromatic nitrogens is 3. The van der Waals surface area contributed by atoms with E-state index in [1.165, 1.54) is 24.3 Å². The van der Waals surface area contributed by atoms with E-state index in [1.54, 1.807) is 35.1 Å². The van der Waals surface area contributed by atoms with Crippen molar-refractivity contribution in [3.05, 3.63) is 149 Å². The van der Waals surface area contributed by atoms with Gasteiger partial charge in [-0.1, -0.05) is 95.9 Å². The maximum atomic E-state index is 13.7. The van der Waals surface area contributed by atoms with Crippen molar-refractivity contribution in [2.75, 3.05) is 0 Å². The summed E-state index contributed by atoms with van der Waals surface area (Å²) < 4.78 is 29.1. The SMILES string of the molecule is Fc1ccc(C(=C=C(c2ccccc2)n2nncc2-c2ccccc2)c2ccc(F)cc2)cc1. The summed E-state index contributed by atoms with van der Waals surface area (Å²) in [5.74, 6) is -0.672. The quantitative estimate of drug-likeness (QED) is 0.276. The van der Waals surface area contributed by atoms with E-state index >= 15 is 0 Å². The van der Waals surface area contributed by atoms with E-state index in [4.69, 9.17) is 0 Å². The van der Waals surface area contributed by atoms with E-state index in [2.05, 4.69) is 16.0 Å². The van der Waals surface area contributed by atoms with Gasteiger partial charge >= 0.3 is 0 Å². The second kappa shape index (κ2) is 9.49. The molecule has 34 heavy (non-hydrogen) atoms. The summed E-state index contributed by atoms with van der Waals surface area (Å²) in [4.78, 5) is 0. The molecule has 0 fully saturated rings.